The predicted molar refractivity (Wildman–Crippen MR) is 106 cm³/mol. The van der Waals surface area contributed by atoms with Gasteiger partial charge in [0, 0.05) is 29.8 Å². The van der Waals surface area contributed by atoms with Crippen molar-refractivity contribution in [3.8, 4) is 11.6 Å². The number of hydrogen-bond acceptors (Lipinski definition) is 4. The first-order valence-corrected chi connectivity index (χ1v) is 8.64. The molecule has 2 N–H and O–H groups in total. The first kappa shape index (κ1) is 18.4. The van der Waals surface area contributed by atoms with Crippen LogP contribution in [0.15, 0.2) is 67.1 Å². The van der Waals surface area contributed by atoms with Gasteiger partial charge in [-0.15, -0.1) is 0 Å². The molecular weight excluding hydrogens is 340 g/mol. The molecule has 0 radical (unpaired) electrons. The quantitative estimate of drug-likeness (QED) is 0.668. The molecule has 0 fully saturated rings. The Bertz CT molecular complexity index is 921. The van der Waals surface area contributed by atoms with Crippen molar-refractivity contribution in [2.75, 3.05) is 10.6 Å². The maximum absolute atomic E-state index is 12.3. The van der Waals surface area contributed by atoms with Gasteiger partial charge in [-0.2, -0.15) is 0 Å². The number of nitrogens with one attached hydrogen (secondary N) is 2. The van der Waals surface area contributed by atoms with Gasteiger partial charge in [0.2, 0.25) is 5.88 Å². The lowest BCUT2D eigenvalue weighted by Gasteiger charge is -2.22. The fourth-order valence-corrected chi connectivity index (χ4v) is 2.57. The minimum Gasteiger partial charge on any atom is -0.437 e. The summed E-state index contributed by atoms with van der Waals surface area (Å²) >= 11 is 0. The molecule has 138 valence electrons. The first-order valence-electron chi connectivity index (χ1n) is 8.64. The summed E-state index contributed by atoms with van der Waals surface area (Å²) in [5, 5.41) is 5.52. The van der Waals surface area contributed by atoms with Crippen LogP contribution in [0.25, 0.3) is 0 Å². The molecule has 1 aromatic carbocycles. The lowest BCUT2D eigenvalue weighted by molar-refractivity contribution is 0.262. The third-order valence-corrected chi connectivity index (χ3v) is 3.86. The highest BCUT2D eigenvalue weighted by molar-refractivity contribution is 6.00. The van der Waals surface area contributed by atoms with E-state index >= 15 is 0 Å². The number of hydrogen-bond donors (Lipinski definition) is 2. The van der Waals surface area contributed by atoms with Crippen LogP contribution < -0.4 is 15.4 Å². The average molecular weight is 362 g/mol. The number of para-hydroxylation sites is 1. The molecule has 3 aromatic rings. The van der Waals surface area contributed by atoms with Crippen LogP contribution >= 0.6 is 0 Å². The van der Waals surface area contributed by atoms with E-state index in [0.29, 0.717) is 23.0 Å². The van der Waals surface area contributed by atoms with Crippen LogP contribution in [-0.2, 0) is 5.41 Å². The fraction of sp³-hybridized carbons (Fsp3) is 0.190. The highest BCUT2D eigenvalue weighted by Gasteiger charge is 2.20. The normalized spacial score (nSPS) is 10.9. The zero-order chi connectivity index (χ0) is 19.3. The van der Waals surface area contributed by atoms with Crippen LogP contribution in [0.5, 0.6) is 11.6 Å². The highest BCUT2D eigenvalue weighted by Crippen LogP contribution is 2.35. The molecule has 6 heteroatoms. The van der Waals surface area contributed by atoms with Gasteiger partial charge in [0.15, 0.2) is 0 Å². The molecule has 2 heterocycles. The summed E-state index contributed by atoms with van der Waals surface area (Å²) < 4.78 is 6.05. The summed E-state index contributed by atoms with van der Waals surface area (Å²) in [6.07, 6.45) is 4.84. The molecule has 0 unspecified atom stereocenters. The number of urea groups is 1. The number of pyridine rings is 2. The molecule has 27 heavy (non-hydrogen) atoms. The van der Waals surface area contributed by atoms with Crippen LogP contribution in [0.1, 0.15) is 26.3 Å². The average Bonchev–Trinajstić information content (AvgIpc) is 2.64. The van der Waals surface area contributed by atoms with Gasteiger partial charge < -0.3 is 15.4 Å². The van der Waals surface area contributed by atoms with Gasteiger partial charge in [-0.05, 0) is 35.7 Å². The van der Waals surface area contributed by atoms with Crippen molar-refractivity contribution in [2.45, 2.75) is 26.2 Å². The molecule has 2 amide bonds. The Morgan fingerprint density at radius 2 is 1.67 bits per heavy atom. The monoisotopic (exact) mass is 362 g/mol. The number of aromatic nitrogens is 2. The van der Waals surface area contributed by atoms with E-state index in [4.69, 9.17) is 4.74 Å². The largest absolute Gasteiger partial charge is 0.437 e. The third kappa shape index (κ3) is 4.82. The van der Waals surface area contributed by atoms with Gasteiger partial charge >= 0.3 is 6.03 Å². The van der Waals surface area contributed by atoms with Gasteiger partial charge in [-0.3, -0.25) is 4.98 Å². The Morgan fingerprint density at radius 1 is 0.926 bits per heavy atom. The smallest absolute Gasteiger partial charge is 0.323 e. The van der Waals surface area contributed by atoms with E-state index in [0.717, 1.165) is 5.56 Å². The van der Waals surface area contributed by atoms with Gasteiger partial charge in [-0.1, -0.05) is 39.0 Å². The van der Waals surface area contributed by atoms with Crippen LogP contribution in [0.3, 0.4) is 0 Å². The molecule has 0 saturated heterocycles. The number of carbonyl (C=O) groups excluding carboxylic acids is 1. The SMILES string of the molecule is CC(C)(C)c1ccccc1Oc1ncccc1NC(=O)Nc1ccncc1. The summed E-state index contributed by atoms with van der Waals surface area (Å²) in [7, 11) is 0. The summed E-state index contributed by atoms with van der Waals surface area (Å²) in [5.41, 5.74) is 2.10. The highest BCUT2D eigenvalue weighted by atomic mass is 16.5. The minimum absolute atomic E-state index is 0.0856. The zero-order valence-electron chi connectivity index (χ0n) is 15.6. The van der Waals surface area contributed by atoms with E-state index in [2.05, 4.69) is 41.4 Å². The van der Waals surface area contributed by atoms with E-state index in [9.17, 15) is 4.79 Å². The predicted octanol–water partition coefficient (Wildman–Crippen LogP) is 5.21. The number of benzene rings is 1. The number of amides is 2. The van der Waals surface area contributed by atoms with Crippen molar-refractivity contribution in [3.05, 3.63) is 72.7 Å². The van der Waals surface area contributed by atoms with E-state index in [1.807, 2.05) is 24.3 Å². The fourth-order valence-electron chi connectivity index (χ4n) is 2.57. The minimum atomic E-state index is -0.386. The van der Waals surface area contributed by atoms with Crippen molar-refractivity contribution in [1.29, 1.82) is 0 Å². The Labute approximate surface area is 158 Å². The first-order chi connectivity index (χ1) is 12.9. The molecule has 3 rings (SSSR count). The second kappa shape index (κ2) is 7.86. The van der Waals surface area contributed by atoms with Crippen LogP contribution in [-0.4, -0.2) is 16.0 Å². The van der Waals surface area contributed by atoms with E-state index in [-0.39, 0.29) is 11.4 Å². The van der Waals surface area contributed by atoms with Crippen molar-refractivity contribution < 1.29 is 9.53 Å². The molecule has 2 aromatic heterocycles. The van der Waals surface area contributed by atoms with Gasteiger partial charge in [0.05, 0.1) is 0 Å². The van der Waals surface area contributed by atoms with Crippen LogP contribution in [0, 0.1) is 0 Å². The molecule has 0 spiro atoms. The summed E-state index contributed by atoms with van der Waals surface area (Å²) in [6.45, 7) is 6.36. The Kier molecular flexibility index (Phi) is 5.35. The van der Waals surface area contributed by atoms with Crippen molar-refractivity contribution >= 4 is 17.4 Å². The topological polar surface area (TPSA) is 76.1 Å². The zero-order valence-corrected chi connectivity index (χ0v) is 15.6. The molecule has 0 aliphatic heterocycles. The molecule has 6 nitrogen and oxygen atoms in total. The second-order valence-corrected chi connectivity index (χ2v) is 7.02. The standard InChI is InChI=1S/C21H22N4O2/c1-21(2,3)16-7-4-5-9-18(16)27-19-17(8-6-12-23-19)25-20(26)24-15-10-13-22-14-11-15/h4-14H,1-3H3,(H2,22,24,25,26). The maximum atomic E-state index is 12.3. The van der Waals surface area contributed by atoms with Gasteiger partial charge in [0.1, 0.15) is 11.4 Å². The second-order valence-electron chi connectivity index (χ2n) is 7.02. The number of anilines is 2. The van der Waals surface area contributed by atoms with E-state index < -0.39 is 0 Å². The third-order valence-electron chi connectivity index (χ3n) is 3.86. The Balaban J connectivity index is 1.80. The Hall–Kier alpha value is -3.41. The summed E-state index contributed by atoms with van der Waals surface area (Å²) in [6, 6.07) is 14.3. The molecule has 0 atom stereocenters. The van der Waals surface area contributed by atoms with Crippen LogP contribution in [0.4, 0.5) is 16.2 Å². The number of nitrogens with zero attached hydrogens (tertiary/aromatic N) is 2. The van der Waals surface area contributed by atoms with E-state index in [1.165, 1.54) is 0 Å². The maximum Gasteiger partial charge on any atom is 0.323 e. The van der Waals surface area contributed by atoms with Crippen molar-refractivity contribution in [3.63, 3.8) is 0 Å². The van der Waals surface area contributed by atoms with Gasteiger partial charge in [0.25, 0.3) is 0 Å². The van der Waals surface area contributed by atoms with Crippen molar-refractivity contribution in [2.24, 2.45) is 0 Å². The molecule has 0 bridgehead atoms. The number of carbonyl (C=O) groups is 1. The lowest BCUT2D eigenvalue weighted by atomic mass is 9.86. The van der Waals surface area contributed by atoms with E-state index in [1.54, 1.807) is 42.9 Å². The molecule has 0 saturated carbocycles. The lowest BCUT2D eigenvalue weighted by Crippen LogP contribution is -2.20. The number of ether oxygens (including phenoxy) is 1. The van der Waals surface area contributed by atoms with Gasteiger partial charge in [-0.25, -0.2) is 9.78 Å². The molecular formula is C21H22N4O2. The number of rotatable bonds is 4. The summed E-state index contributed by atoms with van der Waals surface area (Å²) in [5.74, 6) is 1.04. The molecule has 0 aliphatic carbocycles. The summed E-state index contributed by atoms with van der Waals surface area (Å²) in [4.78, 5) is 20.5. The Morgan fingerprint density at radius 3 is 2.41 bits per heavy atom. The van der Waals surface area contributed by atoms with Crippen molar-refractivity contribution in [1.82, 2.24) is 9.97 Å². The molecule has 0 aliphatic rings. The van der Waals surface area contributed by atoms with Crippen LogP contribution in [0.2, 0.25) is 0 Å².